The molecule has 6 nitrogen and oxygen atoms in total. The first-order valence-corrected chi connectivity index (χ1v) is 8.95. The van der Waals surface area contributed by atoms with Crippen molar-refractivity contribution in [2.24, 2.45) is 5.92 Å². The largest absolute Gasteiger partial charge is 0.394 e. The van der Waals surface area contributed by atoms with Crippen molar-refractivity contribution in [1.29, 1.82) is 0 Å². The third-order valence-electron chi connectivity index (χ3n) is 4.02. The molecule has 7 heteroatoms. The average Bonchev–Trinajstić information content (AvgIpc) is 3.05. The molecule has 0 saturated heterocycles. The molecule has 0 spiro atoms. The third-order valence-corrected chi connectivity index (χ3v) is 5.22. The number of aliphatic hydroxyl groups is 1. The van der Waals surface area contributed by atoms with Gasteiger partial charge in [0.2, 0.25) is 5.91 Å². The SMILES string of the molecule is O=C(NCCOCCO)C1CCc2sc(-c3ccncc3)nc2C1. The van der Waals surface area contributed by atoms with Gasteiger partial charge in [0.05, 0.1) is 25.5 Å². The topological polar surface area (TPSA) is 84.3 Å². The average molecular weight is 347 g/mol. The highest BCUT2D eigenvalue weighted by Crippen LogP contribution is 2.34. The number of rotatable bonds is 7. The van der Waals surface area contributed by atoms with Gasteiger partial charge in [0, 0.05) is 41.7 Å². The fourth-order valence-electron chi connectivity index (χ4n) is 2.78. The van der Waals surface area contributed by atoms with E-state index in [2.05, 4.69) is 10.3 Å². The van der Waals surface area contributed by atoms with Gasteiger partial charge in [-0.25, -0.2) is 4.98 Å². The van der Waals surface area contributed by atoms with Crippen LogP contribution in [-0.4, -0.2) is 47.3 Å². The molecule has 0 bridgehead atoms. The maximum absolute atomic E-state index is 12.3. The first-order valence-electron chi connectivity index (χ1n) is 8.13. The first kappa shape index (κ1) is 17.0. The van der Waals surface area contributed by atoms with Gasteiger partial charge in [-0.1, -0.05) is 0 Å². The summed E-state index contributed by atoms with van der Waals surface area (Å²) in [5.74, 6) is 0.0365. The highest BCUT2D eigenvalue weighted by molar-refractivity contribution is 7.15. The minimum absolute atomic E-state index is 0.00296. The summed E-state index contributed by atoms with van der Waals surface area (Å²) >= 11 is 1.71. The molecular weight excluding hydrogens is 326 g/mol. The zero-order valence-electron chi connectivity index (χ0n) is 13.4. The summed E-state index contributed by atoms with van der Waals surface area (Å²) in [5, 5.41) is 12.5. The Morgan fingerprint density at radius 3 is 3.00 bits per heavy atom. The van der Waals surface area contributed by atoms with Crippen LogP contribution in [0.2, 0.25) is 0 Å². The van der Waals surface area contributed by atoms with Crippen molar-refractivity contribution in [2.45, 2.75) is 19.3 Å². The summed E-state index contributed by atoms with van der Waals surface area (Å²) in [4.78, 5) is 22.3. The van der Waals surface area contributed by atoms with E-state index < -0.39 is 0 Å². The number of aromatic nitrogens is 2. The summed E-state index contributed by atoms with van der Waals surface area (Å²) in [7, 11) is 0. The Morgan fingerprint density at radius 2 is 2.21 bits per heavy atom. The van der Waals surface area contributed by atoms with Gasteiger partial charge in [-0.2, -0.15) is 0 Å². The Kier molecular flexibility index (Phi) is 5.90. The molecule has 1 aliphatic carbocycles. The monoisotopic (exact) mass is 347 g/mol. The molecule has 1 atom stereocenters. The van der Waals surface area contributed by atoms with Crippen molar-refractivity contribution in [3.8, 4) is 10.6 Å². The predicted molar refractivity (Wildman–Crippen MR) is 91.8 cm³/mol. The van der Waals surface area contributed by atoms with Gasteiger partial charge in [-0.3, -0.25) is 9.78 Å². The van der Waals surface area contributed by atoms with Crippen LogP contribution in [0.5, 0.6) is 0 Å². The molecule has 3 rings (SSSR count). The number of carbonyl (C=O) groups excluding carboxylic acids is 1. The molecule has 0 fully saturated rings. The zero-order valence-corrected chi connectivity index (χ0v) is 14.2. The maximum atomic E-state index is 12.3. The Labute approximate surface area is 144 Å². The van der Waals surface area contributed by atoms with Gasteiger partial charge in [-0.15, -0.1) is 11.3 Å². The number of pyridine rings is 1. The number of carbonyl (C=O) groups is 1. The first-order chi connectivity index (χ1) is 11.8. The molecule has 0 aliphatic heterocycles. The van der Waals surface area contributed by atoms with E-state index >= 15 is 0 Å². The molecule has 2 aromatic heterocycles. The molecule has 2 N–H and O–H groups in total. The number of amides is 1. The summed E-state index contributed by atoms with van der Waals surface area (Å²) in [6.07, 6.45) is 5.99. The molecule has 1 aliphatic rings. The van der Waals surface area contributed by atoms with Crippen LogP contribution in [0.25, 0.3) is 10.6 Å². The van der Waals surface area contributed by atoms with E-state index in [1.54, 1.807) is 23.7 Å². The molecule has 0 aromatic carbocycles. The van der Waals surface area contributed by atoms with Crippen molar-refractivity contribution in [2.75, 3.05) is 26.4 Å². The molecule has 1 amide bonds. The van der Waals surface area contributed by atoms with Gasteiger partial charge in [-0.05, 0) is 25.0 Å². The van der Waals surface area contributed by atoms with E-state index in [4.69, 9.17) is 14.8 Å². The number of nitrogens with zero attached hydrogens (tertiary/aromatic N) is 2. The quantitative estimate of drug-likeness (QED) is 0.740. The summed E-state index contributed by atoms with van der Waals surface area (Å²) in [5.41, 5.74) is 2.13. The second kappa shape index (κ2) is 8.32. The van der Waals surface area contributed by atoms with Crippen LogP contribution >= 0.6 is 11.3 Å². The number of fused-ring (bicyclic) bond motifs is 1. The number of aliphatic hydroxyl groups excluding tert-OH is 1. The predicted octanol–water partition coefficient (Wildman–Crippen LogP) is 1.44. The lowest BCUT2D eigenvalue weighted by Crippen LogP contribution is -2.36. The van der Waals surface area contributed by atoms with E-state index in [1.165, 1.54) is 4.88 Å². The lowest BCUT2D eigenvalue weighted by Gasteiger charge is -2.20. The standard InChI is InChI=1S/C17H21N3O3S/c21-8-10-23-9-7-19-16(22)13-1-2-15-14(11-13)20-17(24-15)12-3-5-18-6-4-12/h3-6,13,21H,1-2,7-11H2,(H,19,22). The number of aryl methyl sites for hydroxylation is 1. The molecule has 1 unspecified atom stereocenters. The molecule has 128 valence electrons. The fraction of sp³-hybridized carbons (Fsp3) is 0.471. The Morgan fingerprint density at radius 1 is 1.38 bits per heavy atom. The minimum Gasteiger partial charge on any atom is -0.394 e. The highest BCUT2D eigenvalue weighted by atomic mass is 32.1. The number of thiazole rings is 1. The van der Waals surface area contributed by atoms with E-state index in [9.17, 15) is 4.79 Å². The Bertz CT molecular complexity index is 675. The highest BCUT2D eigenvalue weighted by Gasteiger charge is 2.27. The van der Waals surface area contributed by atoms with Crippen LogP contribution in [0.4, 0.5) is 0 Å². The Balaban J connectivity index is 1.56. The minimum atomic E-state index is -0.0252. The second-order valence-electron chi connectivity index (χ2n) is 5.69. The van der Waals surface area contributed by atoms with Gasteiger partial charge in [0.25, 0.3) is 0 Å². The number of hydrogen-bond donors (Lipinski definition) is 2. The van der Waals surface area contributed by atoms with Gasteiger partial charge < -0.3 is 15.2 Å². The Hall–Kier alpha value is -1.83. The fourth-order valence-corrected chi connectivity index (χ4v) is 3.89. The molecule has 2 heterocycles. The smallest absolute Gasteiger partial charge is 0.223 e. The number of nitrogens with one attached hydrogen (secondary N) is 1. The van der Waals surface area contributed by atoms with E-state index in [1.807, 2.05) is 12.1 Å². The van der Waals surface area contributed by atoms with E-state index in [-0.39, 0.29) is 18.4 Å². The van der Waals surface area contributed by atoms with Crippen molar-refractivity contribution in [3.63, 3.8) is 0 Å². The van der Waals surface area contributed by atoms with Crippen LogP contribution in [0.3, 0.4) is 0 Å². The lowest BCUT2D eigenvalue weighted by molar-refractivity contribution is -0.125. The van der Waals surface area contributed by atoms with Gasteiger partial charge in [0.15, 0.2) is 0 Å². The summed E-state index contributed by atoms with van der Waals surface area (Å²) in [6, 6.07) is 3.92. The van der Waals surface area contributed by atoms with Crippen molar-refractivity contribution in [1.82, 2.24) is 15.3 Å². The van der Waals surface area contributed by atoms with Crippen LogP contribution in [0.1, 0.15) is 17.0 Å². The molecule has 24 heavy (non-hydrogen) atoms. The van der Waals surface area contributed by atoms with Crippen molar-refractivity contribution >= 4 is 17.2 Å². The zero-order chi connectivity index (χ0) is 16.8. The number of ether oxygens (including phenoxy) is 1. The van der Waals surface area contributed by atoms with Gasteiger partial charge >= 0.3 is 0 Å². The molecule has 2 aromatic rings. The molecule has 0 radical (unpaired) electrons. The van der Waals surface area contributed by atoms with Crippen LogP contribution < -0.4 is 5.32 Å². The normalized spacial score (nSPS) is 16.6. The van der Waals surface area contributed by atoms with Crippen molar-refractivity contribution in [3.05, 3.63) is 35.1 Å². The lowest BCUT2D eigenvalue weighted by atomic mass is 9.90. The van der Waals surface area contributed by atoms with Crippen LogP contribution in [-0.2, 0) is 22.4 Å². The third kappa shape index (κ3) is 4.17. The summed E-state index contributed by atoms with van der Waals surface area (Å²) in [6.45, 7) is 1.21. The van der Waals surface area contributed by atoms with Crippen molar-refractivity contribution < 1.29 is 14.6 Å². The number of hydrogen-bond acceptors (Lipinski definition) is 6. The summed E-state index contributed by atoms with van der Waals surface area (Å²) < 4.78 is 5.15. The van der Waals surface area contributed by atoms with Crippen LogP contribution in [0, 0.1) is 5.92 Å². The van der Waals surface area contributed by atoms with Gasteiger partial charge in [0.1, 0.15) is 5.01 Å². The maximum Gasteiger partial charge on any atom is 0.223 e. The van der Waals surface area contributed by atoms with E-state index in [0.717, 1.165) is 29.1 Å². The molecule has 0 saturated carbocycles. The second-order valence-corrected chi connectivity index (χ2v) is 6.78. The van der Waals surface area contributed by atoms with E-state index in [0.29, 0.717) is 26.2 Å². The molecular formula is C17H21N3O3S. The van der Waals surface area contributed by atoms with Crippen LogP contribution in [0.15, 0.2) is 24.5 Å².